The number of nitrogens with one attached hydrogen (secondary N) is 1. The molecule has 1 aromatic carbocycles. The molecule has 0 aliphatic heterocycles. The molecule has 0 fully saturated rings. The largest absolute Gasteiger partial charge is 0.314 e. The Kier molecular flexibility index (Phi) is 7.92. The van der Waals surface area contributed by atoms with Crippen LogP contribution in [-0.2, 0) is 13.0 Å². The van der Waals surface area contributed by atoms with E-state index in [1.807, 2.05) is 26.2 Å². The summed E-state index contributed by atoms with van der Waals surface area (Å²) in [4.78, 5) is 9.49. The first-order chi connectivity index (χ1) is 14.6. The molecule has 0 amide bonds. The summed E-state index contributed by atoms with van der Waals surface area (Å²) in [7, 11) is 1.94. The van der Waals surface area contributed by atoms with Crippen LogP contribution in [0.2, 0.25) is 0 Å². The van der Waals surface area contributed by atoms with Gasteiger partial charge in [0.15, 0.2) is 0 Å². The molecule has 1 aliphatic rings. The van der Waals surface area contributed by atoms with Crippen molar-refractivity contribution in [2.75, 3.05) is 7.05 Å². The maximum Gasteiger partial charge on any atom is 0.0932 e. The number of pyridine rings is 1. The molecule has 0 radical (unpaired) electrons. The maximum atomic E-state index is 4.96. The molecular formula is C27H33N3. The highest BCUT2D eigenvalue weighted by molar-refractivity contribution is 5.87. The smallest absolute Gasteiger partial charge is 0.0932 e. The number of allylic oxidation sites excluding steroid dienone is 5. The molecule has 2 aromatic rings. The monoisotopic (exact) mass is 399 g/mol. The summed E-state index contributed by atoms with van der Waals surface area (Å²) >= 11 is 0. The van der Waals surface area contributed by atoms with Crippen LogP contribution in [0.1, 0.15) is 56.4 Å². The van der Waals surface area contributed by atoms with Gasteiger partial charge in [0.05, 0.1) is 11.4 Å². The van der Waals surface area contributed by atoms with Gasteiger partial charge in [0.1, 0.15) is 0 Å². The summed E-state index contributed by atoms with van der Waals surface area (Å²) < 4.78 is 0. The molecule has 0 atom stereocenters. The number of aromatic nitrogens is 1. The van der Waals surface area contributed by atoms with Crippen molar-refractivity contribution in [1.29, 1.82) is 0 Å². The van der Waals surface area contributed by atoms with Crippen molar-refractivity contribution in [3.8, 4) is 0 Å². The van der Waals surface area contributed by atoms with E-state index in [0.717, 1.165) is 60.3 Å². The van der Waals surface area contributed by atoms with E-state index in [0.29, 0.717) is 6.54 Å². The molecule has 0 saturated heterocycles. The minimum atomic E-state index is 0.702. The van der Waals surface area contributed by atoms with Crippen molar-refractivity contribution in [3.63, 3.8) is 0 Å². The molecule has 1 heterocycles. The van der Waals surface area contributed by atoms with Crippen molar-refractivity contribution in [1.82, 2.24) is 10.3 Å². The Bertz CT molecular complexity index is 965. The molecule has 1 aliphatic carbocycles. The first-order valence-corrected chi connectivity index (χ1v) is 10.8. The van der Waals surface area contributed by atoms with Crippen LogP contribution in [0, 0.1) is 0 Å². The zero-order valence-electron chi connectivity index (χ0n) is 18.5. The van der Waals surface area contributed by atoms with Gasteiger partial charge in [-0.25, -0.2) is 0 Å². The number of hydrogen-bond acceptors (Lipinski definition) is 3. The van der Waals surface area contributed by atoms with Crippen LogP contribution in [-0.4, -0.2) is 17.7 Å². The predicted molar refractivity (Wildman–Crippen MR) is 129 cm³/mol. The SMILES string of the molecule is C=C(C)c1ccnc(CNC)c1N=C(C)CCC1=CC=C(Cc2ccccc2)CC1. The fourth-order valence-electron chi connectivity index (χ4n) is 3.79. The van der Waals surface area contributed by atoms with E-state index in [9.17, 15) is 0 Å². The lowest BCUT2D eigenvalue weighted by Gasteiger charge is -2.15. The van der Waals surface area contributed by atoms with Crippen molar-refractivity contribution in [2.45, 2.75) is 52.5 Å². The zero-order valence-corrected chi connectivity index (χ0v) is 18.5. The second-order valence-corrected chi connectivity index (χ2v) is 8.12. The Morgan fingerprint density at radius 1 is 1.07 bits per heavy atom. The summed E-state index contributed by atoms with van der Waals surface area (Å²) in [6.07, 6.45) is 11.9. The van der Waals surface area contributed by atoms with E-state index in [1.165, 1.54) is 16.7 Å². The molecular weight excluding hydrogens is 366 g/mol. The van der Waals surface area contributed by atoms with Crippen LogP contribution in [0.4, 0.5) is 5.69 Å². The fraction of sp³-hybridized carbons (Fsp3) is 0.333. The third-order valence-electron chi connectivity index (χ3n) is 5.51. The van der Waals surface area contributed by atoms with Crippen molar-refractivity contribution in [2.24, 2.45) is 4.99 Å². The second kappa shape index (κ2) is 10.8. The van der Waals surface area contributed by atoms with Gasteiger partial charge in [-0.1, -0.05) is 60.2 Å². The lowest BCUT2D eigenvalue weighted by molar-refractivity contribution is 0.790. The minimum Gasteiger partial charge on any atom is -0.314 e. The quantitative estimate of drug-likeness (QED) is 0.483. The molecule has 0 bridgehead atoms. The molecule has 3 rings (SSSR count). The standard InChI is InChI=1S/C27H33N3/c1-20(2)25-16-17-29-26(19-28-4)27(25)30-21(3)10-11-22-12-14-24(15-13-22)18-23-8-6-5-7-9-23/h5-9,12,14,16-17,28H,1,10-11,13,15,18-19H2,2-4H3. The molecule has 0 saturated carbocycles. The van der Waals surface area contributed by atoms with E-state index < -0.39 is 0 Å². The normalized spacial score (nSPS) is 14.3. The van der Waals surface area contributed by atoms with Gasteiger partial charge in [-0.15, -0.1) is 0 Å². The van der Waals surface area contributed by atoms with Gasteiger partial charge in [-0.3, -0.25) is 9.98 Å². The van der Waals surface area contributed by atoms with Gasteiger partial charge in [-0.2, -0.15) is 0 Å². The van der Waals surface area contributed by atoms with Crippen LogP contribution in [0.15, 0.2) is 77.5 Å². The number of benzene rings is 1. The number of rotatable bonds is 9. The third kappa shape index (κ3) is 6.11. The first kappa shape index (κ1) is 21.9. The van der Waals surface area contributed by atoms with Crippen LogP contribution in [0.5, 0.6) is 0 Å². The number of nitrogens with zero attached hydrogens (tertiary/aromatic N) is 2. The van der Waals surface area contributed by atoms with Gasteiger partial charge < -0.3 is 5.32 Å². The van der Waals surface area contributed by atoms with E-state index in [2.05, 4.69) is 66.3 Å². The average Bonchev–Trinajstić information content (AvgIpc) is 2.75. The summed E-state index contributed by atoms with van der Waals surface area (Å²) in [6, 6.07) is 12.7. The summed E-state index contributed by atoms with van der Waals surface area (Å²) in [5.41, 5.74) is 9.61. The van der Waals surface area contributed by atoms with Gasteiger partial charge in [0, 0.05) is 24.0 Å². The molecule has 0 unspecified atom stereocenters. The zero-order chi connectivity index (χ0) is 21.3. The molecule has 3 heteroatoms. The fourth-order valence-corrected chi connectivity index (χ4v) is 3.79. The molecule has 1 N–H and O–H groups in total. The highest BCUT2D eigenvalue weighted by Gasteiger charge is 2.11. The van der Waals surface area contributed by atoms with E-state index >= 15 is 0 Å². The van der Waals surface area contributed by atoms with E-state index in [1.54, 1.807) is 0 Å². The van der Waals surface area contributed by atoms with Gasteiger partial charge >= 0.3 is 0 Å². The summed E-state index contributed by atoms with van der Waals surface area (Å²) in [5, 5.41) is 3.19. The van der Waals surface area contributed by atoms with Crippen molar-refractivity contribution >= 4 is 17.0 Å². The Balaban J connectivity index is 1.65. The van der Waals surface area contributed by atoms with Crippen LogP contribution in [0.25, 0.3) is 5.57 Å². The van der Waals surface area contributed by atoms with E-state index in [4.69, 9.17) is 4.99 Å². The average molecular weight is 400 g/mol. The summed E-state index contributed by atoms with van der Waals surface area (Å²) in [5.74, 6) is 0. The lowest BCUT2D eigenvalue weighted by atomic mass is 9.91. The third-order valence-corrected chi connectivity index (χ3v) is 5.51. The Hall–Kier alpha value is -2.78. The highest BCUT2D eigenvalue weighted by Crippen LogP contribution is 2.29. The van der Waals surface area contributed by atoms with Crippen LogP contribution >= 0.6 is 0 Å². The van der Waals surface area contributed by atoms with E-state index in [-0.39, 0.29) is 0 Å². The number of aliphatic imine (C=N–C) groups is 1. The van der Waals surface area contributed by atoms with Crippen molar-refractivity contribution < 1.29 is 0 Å². The second-order valence-electron chi connectivity index (χ2n) is 8.12. The van der Waals surface area contributed by atoms with Gasteiger partial charge in [-0.05, 0) is 70.2 Å². The summed E-state index contributed by atoms with van der Waals surface area (Å²) in [6.45, 7) is 8.97. The maximum absolute atomic E-state index is 4.96. The molecule has 3 nitrogen and oxygen atoms in total. The Morgan fingerprint density at radius 2 is 1.80 bits per heavy atom. The van der Waals surface area contributed by atoms with Crippen LogP contribution < -0.4 is 5.32 Å². The highest BCUT2D eigenvalue weighted by atomic mass is 14.9. The first-order valence-electron chi connectivity index (χ1n) is 10.8. The predicted octanol–water partition coefficient (Wildman–Crippen LogP) is 6.60. The van der Waals surface area contributed by atoms with Gasteiger partial charge in [0.25, 0.3) is 0 Å². The van der Waals surface area contributed by atoms with Crippen molar-refractivity contribution in [3.05, 3.63) is 89.3 Å². The molecule has 0 spiro atoms. The van der Waals surface area contributed by atoms with Crippen LogP contribution in [0.3, 0.4) is 0 Å². The molecule has 30 heavy (non-hydrogen) atoms. The lowest BCUT2D eigenvalue weighted by Crippen LogP contribution is -2.08. The molecule has 1 aromatic heterocycles. The Morgan fingerprint density at radius 3 is 2.47 bits per heavy atom. The topological polar surface area (TPSA) is 37.3 Å². The van der Waals surface area contributed by atoms with Gasteiger partial charge in [0.2, 0.25) is 0 Å². The number of hydrogen-bond donors (Lipinski definition) is 1. The minimum absolute atomic E-state index is 0.702. The molecule has 156 valence electrons. The Labute approximate surface area is 181 Å².